The van der Waals surface area contributed by atoms with Crippen molar-refractivity contribution < 1.29 is 43.7 Å². The van der Waals surface area contributed by atoms with E-state index >= 15 is 0 Å². The van der Waals surface area contributed by atoms with Gasteiger partial charge in [-0.3, -0.25) is 24.0 Å². The normalized spacial score (nSPS) is 18.5. The van der Waals surface area contributed by atoms with Crippen molar-refractivity contribution in [3.05, 3.63) is 42.1 Å². The maximum Gasteiger partial charge on any atom is 0.407 e. The molecule has 16 nitrogen and oxygen atoms in total. The molecule has 2 aliphatic heterocycles. The van der Waals surface area contributed by atoms with Crippen molar-refractivity contribution in [2.24, 2.45) is 0 Å². The maximum atomic E-state index is 13.5. The van der Waals surface area contributed by atoms with Gasteiger partial charge in [0.25, 0.3) is 11.8 Å². The molecule has 48 heavy (non-hydrogen) atoms. The highest BCUT2D eigenvalue weighted by Gasteiger charge is 2.38. The number of carboxylic acid groups (broad SMARTS) is 2. The number of ether oxygens (including phenoxy) is 1. The number of carbonyl (C=O) groups excluding carboxylic acids is 4. The molecule has 2 unspecified atom stereocenters. The number of aliphatic carboxylic acids is 1. The van der Waals surface area contributed by atoms with Gasteiger partial charge in [-0.25, -0.2) is 9.48 Å². The molecule has 0 spiro atoms. The molecule has 1 saturated carbocycles. The fourth-order valence-electron chi connectivity index (χ4n) is 6.16. The molecule has 0 radical (unpaired) electrons. The summed E-state index contributed by atoms with van der Waals surface area (Å²) in [7, 11) is 1.79. The lowest BCUT2D eigenvalue weighted by molar-refractivity contribution is -0.146. The quantitative estimate of drug-likeness (QED) is 0.294. The Bertz CT molecular complexity index is 1520. The van der Waals surface area contributed by atoms with Crippen LogP contribution in [0, 0.1) is 0 Å². The van der Waals surface area contributed by atoms with Crippen molar-refractivity contribution >= 4 is 35.7 Å². The molecule has 2 atom stereocenters. The van der Waals surface area contributed by atoms with Crippen LogP contribution in [0.4, 0.5) is 4.79 Å². The van der Waals surface area contributed by atoms with Gasteiger partial charge in [-0.15, -0.1) is 0 Å². The zero-order valence-electron chi connectivity index (χ0n) is 26.8. The van der Waals surface area contributed by atoms with E-state index in [4.69, 9.17) is 4.74 Å². The molecule has 3 aliphatic rings. The Hall–Kier alpha value is -5.15. The highest BCUT2D eigenvalue weighted by atomic mass is 16.5. The topological polar surface area (TPSA) is 195 Å². The fourth-order valence-corrected chi connectivity index (χ4v) is 6.16. The number of carbonyl (C=O) groups is 6. The largest absolute Gasteiger partial charge is 0.481 e. The van der Waals surface area contributed by atoms with Crippen LogP contribution in [0.3, 0.4) is 0 Å². The molecule has 0 bridgehead atoms. The van der Waals surface area contributed by atoms with Gasteiger partial charge in [-0.1, -0.05) is 18.2 Å². The summed E-state index contributed by atoms with van der Waals surface area (Å²) in [6.07, 6.45) is 2.60. The predicted molar refractivity (Wildman–Crippen MR) is 169 cm³/mol. The second-order valence-corrected chi connectivity index (χ2v) is 12.2. The summed E-state index contributed by atoms with van der Waals surface area (Å²) >= 11 is 0. The van der Waals surface area contributed by atoms with Gasteiger partial charge >= 0.3 is 12.1 Å². The lowest BCUT2D eigenvalue weighted by atomic mass is 9.91. The van der Waals surface area contributed by atoms with Crippen molar-refractivity contribution in [2.45, 2.75) is 63.1 Å². The molecule has 3 fully saturated rings. The number of likely N-dealkylation sites (tertiary alicyclic amines) is 1. The zero-order valence-corrected chi connectivity index (χ0v) is 26.8. The standard InChI is InChI=1S/C32H41N7O9/c1-35(21-9-5-10-21)31(45)25-11-6-14-38(25)26(40)20-48-27-19-24(34-39(27)22-7-3-2-4-8-22)29(43)33-23(12-13-28(41)42)30(44)36-15-17-37(18-16-36)32(46)47/h2-4,7-8,19,21,23,25H,5-6,9-18,20H2,1H3,(H,33,43)(H,41,42)(H,46,47). The van der Waals surface area contributed by atoms with Gasteiger partial charge in [0.1, 0.15) is 12.1 Å². The van der Waals surface area contributed by atoms with Gasteiger partial charge in [-0.2, -0.15) is 5.10 Å². The molecule has 1 aliphatic carbocycles. The first-order valence-corrected chi connectivity index (χ1v) is 16.2. The van der Waals surface area contributed by atoms with Crippen molar-refractivity contribution in [3.63, 3.8) is 0 Å². The molecule has 1 aromatic heterocycles. The predicted octanol–water partition coefficient (Wildman–Crippen LogP) is 1.04. The summed E-state index contributed by atoms with van der Waals surface area (Å²) in [5.41, 5.74) is 0.395. The Balaban J connectivity index is 1.29. The zero-order chi connectivity index (χ0) is 34.4. The minimum Gasteiger partial charge on any atom is -0.481 e. The maximum absolute atomic E-state index is 13.5. The van der Waals surface area contributed by atoms with E-state index < -0.39 is 49.0 Å². The van der Waals surface area contributed by atoms with E-state index in [-0.39, 0.29) is 62.0 Å². The Labute approximate surface area is 277 Å². The minimum absolute atomic E-state index is 0.0744. The Morgan fingerprint density at radius 3 is 2.27 bits per heavy atom. The smallest absolute Gasteiger partial charge is 0.407 e. The van der Waals surface area contributed by atoms with E-state index in [1.54, 1.807) is 47.2 Å². The van der Waals surface area contributed by atoms with E-state index in [2.05, 4.69) is 10.4 Å². The molecule has 2 aromatic rings. The molecule has 3 N–H and O–H groups in total. The first kappa shape index (κ1) is 34.2. The van der Waals surface area contributed by atoms with E-state index in [9.17, 15) is 39.0 Å². The van der Waals surface area contributed by atoms with Gasteiger partial charge in [0.2, 0.25) is 17.7 Å². The highest BCUT2D eigenvalue weighted by Crippen LogP contribution is 2.27. The summed E-state index contributed by atoms with van der Waals surface area (Å²) < 4.78 is 7.27. The van der Waals surface area contributed by atoms with Crippen molar-refractivity contribution in [3.8, 4) is 11.6 Å². The number of nitrogens with one attached hydrogen (secondary N) is 1. The molecule has 16 heteroatoms. The summed E-state index contributed by atoms with van der Waals surface area (Å²) in [5, 5.41) is 25.5. The number of likely N-dealkylation sites (N-methyl/N-ethyl adjacent to an activating group) is 1. The number of nitrogens with zero attached hydrogens (tertiary/aromatic N) is 6. The van der Waals surface area contributed by atoms with Crippen molar-refractivity contribution in [1.82, 2.24) is 34.7 Å². The Morgan fingerprint density at radius 2 is 1.65 bits per heavy atom. The molecule has 2 saturated heterocycles. The number of carboxylic acids is 1. The fraction of sp³-hybridized carbons (Fsp3) is 0.531. The number of hydrogen-bond acceptors (Lipinski definition) is 8. The van der Waals surface area contributed by atoms with E-state index in [1.807, 2.05) is 0 Å². The van der Waals surface area contributed by atoms with Crippen LogP contribution in [0.5, 0.6) is 5.88 Å². The third-order valence-corrected chi connectivity index (χ3v) is 9.19. The van der Waals surface area contributed by atoms with Crippen LogP contribution in [-0.4, -0.2) is 140 Å². The SMILES string of the molecule is CN(C(=O)C1CCCN1C(=O)COc1cc(C(=O)NC(CCC(=O)O)C(=O)N2CCN(C(=O)O)CC2)nn1-c1ccccc1)C1CCC1. The minimum atomic E-state index is -1.21. The average molecular weight is 668 g/mol. The number of benzene rings is 1. The van der Waals surface area contributed by atoms with E-state index in [0.717, 1.165) is 19.3 Å². The summed E-state index contributed by atoms with van der Waals surface area (Å²) in [6.45, 7) is 0.397. The molecule has 3 heterocycles. The van der Waals surface area contributed by atoms with E-state index in [0.29, 0.717) is 25.1 Å². The van der Waals surface area contributed by atoms with Gasteiger partial charge in [0, 0.05) is 58.3 Å². The van der Waals surface area contributed by atoms with Crippen LogP contribution in [0.15, 0.2) is 36.4 Å². The third-order valence-electron chi connectivity index (χ3n) is 9.19. The Morgan fingerprint density at radius 1 is 0.958 bits per heavy atom. The number of para-hydroxylation sites is 1. The number of aromatic nitrogens is 2. The molecular formula is C32H41N7O9. The van der Waals surface area contributed by atoms with E-state index in [1.165, 1.54) is 20.5 Å². The lowest BCUT2D eigenvalue weighted by Crippen LogP contribution is -2.55. The molecule has 1 aromatic carbocycles. The van der Waals surface area contributed by atoms with Gasteiger partial charge < -0.3 is 39.9 Å². The van der Waals surface area contributed by atoms with Crippen LogP contribution in [0.1, 0.15) is 55.4 Å². The van der Waals surface area contributed by atoms with Gasteiger partial charge in [0.15, 0.2) is 12.3 Å². The number of hydrogen-bond donors (Lipinski definition) is 3. The molecular weight excluding hydrogens is 626 g/mol. The number of piperazine rings is 1. The monoisotopic (exact) mass is 667 g/mol. The Kier molecular flexibility index (Phi) is 10.8. The summed E-state index contributed by atoms with van der Waals surface area (Å²) in [6, 6.07) is 8.54. The van der Waals surface area contributed by atoms with Crippen molar-refractivity contribution in [1.29, 1.82) is 0 Å². The van der Waals surface area contributed by atoms with Gasteiger partial charge in [-0.05, 0) is 50.7 Å². The summed E-state index contributed by atoms with van der Waals surface area (Å²) in [4.78, 5) is 81.9. The van der Waals surface area contributed by atoms with Crippen LogP contribution in [-0.2, 0) is 19.2 Å². The van der Waals surface area contributed by atoms with Gasteiger partial charge in [0.05, 0.1) is 5.69 Å². The van der Waals surface area contributed by atoms with Crippen LogP contribution < -0.4 is 10.1 Å². The van der Waals surface area contributed by atoms with Crippen LogP contribution in [0.25, 0.3) is 5.69 Å². The highest BCUT2D eigenvalue weighted by molar-refractivity contribution is 5.96. The molecule has 258 valence electrons. The molecule has 5 rings (SSSR count). The van der Waals surface area contributed by atoms with Crippen LogP contribution >= 0.6 is 0 Å². The van der Waals surface area contributed by atoms with Crippen molar-refractivity contribution in [2.75, 3.05) is 46.4 Å². The third kappa shape index (κ3) is 7.86. The van der Waals surface area contributed by atoms with Crippen LogP contribution in [0.2, 0.25) is 0 Å². The second kappa shape index (κ2) is 15.2. The first-order valence-electron chi connectivity index (χ1n) is 16.2. The molecule has 5 amide bonds. The number of rotatable bonds is 12. The average Bonchev–Trinajstić information content (AvgIpc) is 3.72. The summed E-state index contributed by atoms with van der Waals surface area (Å²) in [5.74, 6) is -2.82. The first-order chi connectivity index (χ1) is 23.0. The number of amides is 5. The lowest BCUT2D eigenvalue weighted by Gasteiger charge is -2.37. The second-order valence-electron chi connectivity index (χ2n) is 12.2.